The van der Waals surface area contributed by atoms with Gasteiger partial charge in [0.2, 0.25) is 0 Å². The fraction of sp³-hybridized carbons (Fsp3) is 0.889. The Hall–Kier alpha value is -0.770. The van der Waals surface area contributed by atoms with Gasteiger partial charge in [-0.05, 0) is 26.3 Å². The van der Waals surface area contributed by atoms with Crippen molar-refractivity contribution in [2.45, 2.75) is 31.3 Å². The van der Waals surface area contributed by atoms with Gasteiger partial charge in [0.25, 0.3) is 0 Å². The number of rotatable bonds is 0. The fourth-order valence-electron chi connectivity index (χ4n) is 2.53. The number of nitrogens with two attached hydrogens (primary N) is 1. The monoisotopic (exact) mass is 182 g/mol. The number of hydrogen-bond acceptors (Lipinski definition) is 2. The Morgan fingerprint density at radius 2 is 2.00 bits per heavy atom. The number of guanidine groups is 1. The van der Waals surface area contributed by atoms with E-state index in [1.807, 2.05) is 4.90 Å². The molecule has 3 N–H and O–H groups in total. The smallest absolute Gasteiger partial charge is 0.188 e. The lowest BCUT2D eigenvalue weighted by Crippen LogP contribution is -2.42. The molecule has 2 aliphatic heterocycles. The molecule has 0 aromatic heterocycles. The highest BCUT2D eigenvalue weighted by Crippen LogP contribution is 2.27. The lowest BCUT2D eigenvalue weighted by molar-refractivity contribution is 0.245. The largest absolute Gasteiger partial charge is 0.370 e. The zero-order valence-electron chi connectivity index (χ0n) is 8.16. The molecule has 2 saturated heterocycles. The second-order valence-electron chi connectivity index (χ2n) is 4.17. The van der Waals surface area contributed by atoms with Crippen molar-refractivity contribution in [2.75, 3.05) is 20.1 Å². The van der Waals surface area contributed by atoms with Crippen LogP contribution in [-0.4, -0.2) is 48.0 Å². The second kappa shape index (κ2) is 3.18. The lowest BCUT2D eigenvalue weighted by Gasteiger charge is -2.25. The predicted octanol–water partition coefficient (Wildman–Crippen LogP) is 0.0484. The third-order valence-electron chi connectivity index (χ3n) is 3.49. The average molecular weight is 182 g/mol. The van der Waals surface area contributed by atoms with Gasteiger partial charge in [0.15, 0.2) is 5.96 Å². The summed E-state index contributed by atoms with van der Waals surface area (Å²) in [6.45, 7) is 1.91. The topological polar surface area (TPSA) is 56.4 Å². The molecular weight excluding hydrogens is 164 g/mol. The molecule has 0 spiro atoms. The normalized spacial score (nSPS) is 34.7. The zero-order valence-corrected chi connectivity index (χ0v) is 8.16. The van der Waals surface area contributed by atoms with Gasteiger partial charge in [0, 0.05) is 25.2 Å². The SMILES string of the molecule is CN1C2CCC1CN(C(=N)N)CC2. The first-order valence-electron chi connectivity index (χ1n) is 4.99. The highest BCUT2D eigenvalue weighted by atomic mass is 15.3. The summed E-state index contributed by atoms with van der Waals surface area (Å²) >= 11 is 0. The molecule has 0 aromatic carbocycles. The van der Waals surface area contributed by atoms with Gasteiger partial charge in [-0.3, -0.25) is 10.3 Å². The van der Waals surface area contributed by atoms with Crippen molar-refractivity contribution in [3.8, 4) is 0 Å². The summed E-state index contributed by atoms with van der Waals surface area (Å²) in [5, 5.41) is 7.42. The van der Waals surface area contributed by atoms with E-state index in [9.17, 15) is 0 Å². The first-order chi connectivity index (χ1) is 6.18. The maximum Gasteiger partial charge on any atom is 0.188 e. The van der Waals surface area contributed by atoms with E-state index in [1.165, 1.54) is 12.8 Å². The van der Waals surface area contributed by atoms with Crippen LogP contribution in [0.15, 0.2) is 0 Å². The van der Waals surface area contributed by atoms with E-state index in [0.717, 1.165) is 25.6 Å². The van der Waals surface area contributed by atoms with Gasteiger partial charge < -0.3 is 10.6 Å². The quantitative estimate of drug-likeness (QED) is 0.411. The van der Waals surface area contributed by atoms with E-state index in [-0.39, 0.29) is 5.96 Å². The van der Waals surface area contributed by atoms with Crippen LogP contribution in [0.5, 0.6) is 0 Å². The van der Waals surface area contributed by atoms with E-state index in [4.69, 9.17) is 11.1 Å². The highest BCUT2D eigenvalue weighted by Gasteiger charge is 2.34. The molecule has 2 bridgehead atoms. The molecule has 0 aliphatic carbocycles. The molecule has 13 heavy (non-hydrogen) atoms. The van der Waals surface area contributed by atoms with E-state index in [2.05, 4.69) is 11.9 Å². The molecule has 2 aliphatic rings. The summed E-state index contributed by atoms with van der Waals surface area (Å²) in [7, 11) is 2.20. The Labute approximate surface area is 79.2 Å². The minimum Gasteiger partial charge on any atom is -0.370 e. The third-order valence-corrected chi connectivity index (χ3v) is 3.49. The summed E-state index contributed by atoms with van der Waals surface area (Å²) in [5.74, 6) is 0.237. The molecule has 0 amide bonds. The third kappa shape index (κ3) is 1.50. The van der Waals surface area contributed by atoms with E-state index in [1.54, 1.807) is 0 Å². The van der Waals surface area contributed by atoms with Gasteiger partial charge in [0.05, 0.1) is 0 Å². The van der Waals surface area contributed by atoms with Crippen molar-refractivity contribution < 1.29 is 0 Å². The van der Waals surface area contributed by atoms with Crippen LogP contribution in [0.25, 0.3) is 0 Å². The molecule has 4 heteroatoms. The number of likely N-dealkylation sites (tertiary alicyclic amines) is 1. The molecule has 0 aromatic rings. The molecule has 2 heterocycles. The van der Waals surface area contributed by atoms with Gasteiger partial charge >= 0.3 is 0 Å². The summed E-state index contributed by atoms with van der Waals surface area (Å²) in [6, 6.07) is 1.35. The Bertz CT molecular complexity index is 216. The molecule has 0 radical (unpaired) electrons. The van der Waals surface area contributed by atoms with Crippen molar-refractivity contribution in [1.29, 1.82) is 5.41 Å². The number of likely N-dealkylation sites (N-methyl/N-ethyl adjacent to an activating group) is 1. The molecule has 2 fully saturated rings. The number of fused-ring (bicyclic) bond motifs is 2. The summed E-state index contributed by atoms with van der Waals surface area (Å²) in [5.41, 5.74) is 5.50. The maximum atomic E-state index is 7.42. The van der Waals surface area contributed by atoms with Crippen LogP contribution in [0.1, 0.15) is 19.3 Å². The molecule has 0 saturated carbocycles. The Morgan fingerprint density at radius 1 is 1.31 bits per heavy atom. The van der Waals surface area contributed by atoms with Crippen LogP contribution in [0.2, 0.25) is 0 Å². The van der Waals surface area contributed by atoms with Crippen LogP contribution in [0.3, 0.4) is 0 Å². The first-order valence-corrected chi connectivity index (χ1v) is 4.99. The molecule has 4 nitrogen and oxygen atoms in total. The van der Waals surface area contributed by atoms with Crippen LogP contribution in [0.4, 0.5) is 0 Å². The minimum absolute atomic E-state index is 0.237. The van der Waals surface area contributed by atoms with Crippen LogP contribution in [0, 0.1) is 5.41 Å². The Morgan fingerprint density at radius 3 is 2.69 bits per heavy atom. The second-order valence-corrected chi connectivity index (χ2v) is 4.17. The highest BCUT2D eigenvalue weighted by molar-refractivity contribution is 5.74. The summed E-state index contributed by atoms with van der Waals surface area (Å²) in [6.07, 6.45) is 3.75. The fourth-order valence-corrected chi connectivity index (χ4v) is 2.53. The Balaban J connectivity index is 2.07. The number of nitrogens with zero attached hydrogens (tertiary/aromatic N) is 2. The van der Waals surface area contributed by atoms with E-state index in [0.29, 0.717) is 6.04 Å². The summed E-state index contributed by atoms with van der Waals surface area (Å²) < 4.78 is 0. The van der Waals surface area contributed by atoms with Crippen LogP contribution < -0.4 is 5.73 Å². The molecule has 2 unspecified atom stereocenters. The molecule has 74 valence electrons. The lowest BCUT2D eigenvalue weighted by atomic mass is 10.1. The Kier molecular flexibility index (Phi) is 2.15. The van der Waals surface area contributed by atoms with E-state index >= 15 is 0 Å². The van der Waals surface area contributed by atoms with Crippen molar-refractivity contribution in [3.63, 3.8) is 0 Å². The van der Waals surface area contributed by atoms with Gasteiger partial charge in [-0.15, -0.1) is 0 Å². The molecular formula is C9H18N4. The average Bonchev–Trinajstić information content (AvgIpc) is 2.25. The molecule has 2 rings (SSSR count). The van der Waals surface area contributed by atoms with Gasteiger partial charge in [-0.1, -0.05) is 0 Å². The molecule has 2 atom stereocenters. The van der Waals surface area contributed by atoms with Crippen molar-refractivity contribution in [2.24, 2.45) is 5.73 Å². The zero-order chi connectivity index (χ0) is 9.42. The van der Waals surface area contributed by atoms with Gasteiger partial charge in [-0.25, -0.2) is 0 Å². The first kappa shape index (κ1) is 8.81. The van der Waals surface area contributed by atoms with Crippen LogP contribution >= 0.6 is 0 Å². The predicted molar refractivity (Wildman–Crippen MR) is 52.7 cm³/mol. The van der Waals surface area contributed by atoms with Crippen molar-refractivity contribution in [3.05, 3.63) is 0 Å². The standard InChI is InChI=1S/C9H18N4/c1-12-7-2-3-8(12)6-13(5-4-7)9(10)11/h7-8H,2-6H2,1H3,(H3,10,11). The summed E-state index contributed by atoms with van der Waals surface area (Å²) in [4.78, 5) is 4.46. The maximum absolute atomic E-state index is 7.42. The van der Waals surface area contributed by atoms with Gasteiger partial charge in [-0.2, -0.15) is 0 Å². The number of hydrogen-bond donors (Lipinski definition) is 2. The van der Waals surface area contributed by atoms with Crippen molar-refractivity contribution in [1.82, 2.24) is 9.80 Å². The van der Waals surface area contributed by atoms with E-state index < -0.39 is 0 Å². The van der Waals surface area contributed by atoms with Gasteiger partial charge in [0.1, 0.15) is 0 Å². The number of nitrogens with one attached hydrogen (secondary N) is 1. The van der Waals surface area contributed by atoms with Crippen LogP contribution in [-0.2, 0) is 0 Å². The minimum atomic E-state index is 0.237. The van der Waals surface area contributed by atoms with Crippen molar-refractivity contribution >= 4 is 5.96 Å².